The molecule has 0 aliphatic carbocycles. The summed E-state index contributed by atoms with van der Waals surface area (Å²) in [5, 5.41) is 6.42. The fourth-order valence-corrected chi connectivity index (χ4v) is 2.94. The Labute approximate surface area is 164 Å². The third kappa shape index (κ3) is 4.30. The summed E-state index contributed by atoms with van der Waals surface area (Å²) >= 11 is 0. The van der Waals surface area contributed by atoms with Gasteiger partial charge in [0.2, 0.25) is 0 Å². The second-order valence-corrected chi connectivity index (χ2v) is 6.18. The van der Waals surface area contributed by atoms with Gasteiger partial charge in [0.15, 0.2) is 11.3 Å². The topological polar surface area (TPSA) is 62.5 Å². The minimum atomic E-state index is -3.05. The van der Waals surface area contributed by atoms with Crippen LogP contribution in [0.4, 0.5) is 28.9 Å². The molecule has 0 aliphatic rings. The number of hydrogen-bond acceptors (Lipinski definition) is 4. The van der Waals surface area contributed by atoms with E-state index in [0.29, 0.717) is 16.3 Å². The Morgan fingerprint density at radius 3 is 2.28 bits per heavy atom. The highest BCUT2D eigenvalue weighted by Gasteiger charge is 2.22. The summed E-state index contributed by atoms with van der Waals surface area (Å²) in [6, 6.07) is 8.79. The minimum Gasteiger partial charge on any atom is -0.372 e. The standard InChI is InChI=1S/C19H19F4N5O/c1-3-27(4-2)12-7-5-11(6-8-12)24-19(29)14-10-16-25-13(17(20)21)9-15(18(22)23)28(16)26-14/h5-10,17-18H,3-4H2,1-2H3,(H,24,29). The maximum Gasteiger partial charge on any atom is 0.280 e. The zero-order valence-corrected chi connectivity index (χ0v) is 15.7. The SMILES string of the molecule is CCN(CC)c1ccc(NC(=O)c2cc3nc(C(F)F)cc(C(F)F)n3n2)cc1. The molecule has 0 atom stereocenters. The van der Waals surface area contributed by atoms with Crippen molar-refractivity contribution in [3.63, 3.8) is 0 Å². The summed E-state index contributed by atoms with van der Waals surface area (Å²) in [5.74, 6) is -0.662. The Morgan fingerprint density at radius 1 is 1.07 bits per heavy atom. The van der Waals surface area contributed by atoms with Crippen molar-refractivity contribution >= 4 is 22.9 Å². The number of amides is 1. The molecule has 154 valence electrons. The number of alkyl halides is 4. The zero-order valence-electron chi connectivity index (χ0n) is 15.7. The first-order chi connectivity index (χ1) is 13.8. The number of carbonyl (C=O) groups is 1. The highest BCUT2D eigenvalue weighted by molar-refractivity contribution is 6.03. The van der Waals surface area contributed by atoms with Crippen molar-refractivity contribution in [2.75, 3.05) is 23.3 Å². The van der Waals surface area contributed by atoms with E-state index in [2.05, 4.69) is 20.3 Å². The quantitative estimate of drug-likeness (QED) is 0.575. The van der Waals surface area contributed by atoms with Crippen LogP contribution in [0, 0.1) is 0 Å². The van der Waals surface area contributed by atoms with Gasteiger partial charge in [0.25, 0.3) is 18.8 Å². The van der Waals surface area contributed by atoms with Gasteiger partial charge in [-0.1, -0.05) is 0 Å². The lowest BCUT2D eigenvalue weighted by Crippen LogP contribution is -2.21. The summed E-state index contributed by atoms with van der Waals surface area (Å²) in [6.45, 7) is 5.74. The molecule has 10 heteroatoms. The average Bonchev–Trinajstić information content (AvgIpc) is 3.13. The zero-order chi connectivity index (χ0) is 21.1. The summed E-state index contributed by atoms with van der Waals surface area (Å²) in [4.78, 5) is 18.2. The molecule has 3 aromatic rings. The molecule has 0 saturated carbocycles. The fraction of sp³-hybridized carbons (Fsp3) is 0.316. The number of nitrogens with one attached hydrogen (secondary N) is 1. The van der Waals surface area contributed by atoms with Crippen molar-refractivity contribution in [1.82, 2.24) is 14.6 Å². The van der Waals surface area contributed by atoms with Crippen LogP contribution < -0.4 is 10.2 Å². The lowest BCUT2D eigenvalue weighted by atomic mass is 10.2. The molecule has 6 nitrogen and oxygen atoms in total. The molecular formula is C19H19F4N5O. The first-order valence-electron chi connectivity index (χ1n) is 8.97. The van der Waals surface area contributed by atoms with Gasteiger partial charge in [-0.3, -0.25) is 4.79 Å². The highest BCUT2D eigenvalue weighted by atomic mass is 19.3. The van der Waals surface area contributed by atoms with Gasteiger partial charge in [-0.25, -0.2) is 27.1 Å². The van der Waals surface area contributed by atoms with E-state index >= 15 is 0 Å². The molecule has 0 fully saturated rings. The summed E-state index contributed by atoms with van der Waals surface area (Å²) in [5.41, 5.74) is -0.539. The number of benzene rings is 1. The number of hydrogen-bond donors (Lipinski definition) is 1. The smallest absolute Gasteiger partial charge is 0.280 e. The van der Waals surface area contributed by atoms with Crippen LogP contribution >= 0.6 is 0 Å². The molecule has 29 heavy (non-hydrogen) atoms. The van der Waals surface area contributed by atoms with Crippen LogP contribution in [0.2, 0.25) is 0 Å². The van der Waals surface area contributed by atoms with E-state index in [0.717, 1.165) is 24.8 Å². The molecule has 0 spiro atoms. The third-order valence-electron chi connectivity index (χ3n) is 4.41. The van der Waals surface area contributed by atoms with Crippen LogP contribution in [0.15, 0.2) is 36.4 Å². The number of halogens is 4. The Hall–Kier alpha value is -3.17. The molecule has 0 saturated heterocycles. The van der Waals surface area contributed by atoms with Crippen LogP contribution in [0.1, 0.15) is 48.6 Å². The summed E-state index contributed by atoms with van der Waals surface area (Å²) < 4.78 is 53.0. The van der Waals surface area contributed by atoms with Crippen molar-refractivity contribution in [1.29, 1.82) is 0 Å². The lowest BCUT2D eigenvalue weighted by molar-refractivity contribution is 0.102. The lowest BCUT2D eigenvalue weighted by Gasteiger charge is -2.21. The average molecular weight is 409 g/mol. The molecule has 1 aromatic carbocycles. The molecule has 0 unspecified atom stereocenters. The molecule has 1 N–H and O–H groups in total. The van der Waals surface area contributed by atoms with E-state index in [4.69, 9.17) is 0 Å². The Bertz CT molecular complexity index is 1000. The molecule has 3 rings (SSSR count). The Morgan fingerprint density at radius 2 is 1.72 bits per heavy atom. The largest absolute Gasteiger partial charge is 0.372 e. The number of anilines is 2. The van der Waals surface area contributed by atoms with E-state index in [1.807, 2.05) is 26.0 Å². The van der Waals surface area contributed by atoms with Crippen molar-refractivity contribution in [3.05, 3.63) is 53.5 Å². The van der Waals surface area contributed by atoms with E-state index in [1.54, 1.807) is 12.1 Å². The van der Waals surface area contributed by atoms with E-state index in [9.17, 15) is 22.4 Å². The molecule has 0 radical (unpaired) electrons. The first-order valence-corrected chi connectivity index (χ1v) is 8.97. The number of rotatable bonds is 7. The predicted octanol–water partition coefficient (Wildman–Crippen LogP) is 4.70. The van der Waals surface area contributed by atoms with Gasteiger partial charge in [-0.15, -0.1) is 0 Å². The maximum atomic E-state index is 13.2. The van der Waals surface area contributed by atoms with Crippen molar-refractivity contribution in [2.45, 2.75) is 26.7 Å². The van der Waals surface area contributed by atoms with Gasteiger partial charge < -0.3 is 10.2 Å². The van der Waals surface area contributed by atoms with Gasteiger partial charge in [-0.05, 0) is 44.2 Å². The minimum absolute atomic E-state index is 0.210. The van der Waals surface area contributed by atoms with Crippen molar-refractivity contribution < 1.29 is 22.4 Å². The van der Waals surface area contributed by atoms with E-state index in [-0.39, 0.29) is 11.3 Å². The summed E-state index contributed by atoms with van der Waals surface area (Å²) in [7, 11) is 0. The molecular weight excluding hydrogens is 390 g/mol. The highest BCUT2D eigenvalue weighted by Crippen LogP contribution is 2.25. The van der Waals surface area contributed by atoms with Gasteiger partial charge in [0, 0.05) is 30.5 Å². The second-order valence-electron chi connectivity index (χ2n) is 6.18. The van der Waals surface area contributed by atoms with Crippen LogP contribution in [-0.2, 0) is 0 Å². The van der Waals surface area contributed by atoms with Gasteiger partial charge >= 0.3 is 0 Å². The van der Waals surface area contributed by atoms with E-state index in [1.165, 1.54) is 0 Å². The summed E-state index contributed by atoms with van der Waals surface area (Å²) in [6.07, 6.45) is -6.07. The molecule has 0 aliphatic heterocycles. The molecule has 2 aromatic heterocycles. The molecule has 0 bridgehead atoms. The molecule has 2 heterocycles. The van der Waals surface area contributed by atoms with Gasteiger partial charge in [0.05, 0.1) is 0 Å². The van der Waals surface area contributed by atoms with E-state index < -0.39 is 30.1 Å². The predicted molar refractivity (Wildman–Crippen MR) is 101 cm³/mol. The second kappa shape index (κ2) is 8.46. The Balaban J connectivity index is 1.86. The maximum absolute atomic E-state index is 13.2. The van der Waals surface area contributed by atoms with Crippen LogP contribution in [0.3, 0.4) is 0 Å². The molecule has 1 amide bonds. The van der Waals surface area contributed by atoms with Gasteiger partial charge in [0.1, 0.15) is 11.4 Å². The van der Waals surface area contributed by atoms with Crippen molar-refractivity contribution in [3.8, 4) is 0 Å². The van der Waals surface area contributed by atoms with Crippen LogP contribution in [-0.4, -0.2) is 33.6 Å². The van der Waals surface area contributed by atoms with Gasteiger partial charge in [-0.2, -0.15) is 5.10 Å². The number of aromatic nitrogens is 3. The monoisotopic (exact) mass is 409 g/mol. The first kappa shape index (κ1) is 20.6. The normalized spacial score (nSPS) is 11.4. The van der Waals surface area contributed by atoms with Crippen LogP contribution in [0.25, 0.3) is 5.65 Å². The number of fused-ring (bicyclic) bond motifs is 1. The van der Waals surface area contributed by atoms with Crippen LogP contribution in [0.5, 0.6) is 0 Å². The number of carbonyl (C=O) groups excluding carboxylic acids is 1. The van der Waals surface area contributed by atoms with Crippen molar-refractivity contribution in [2.24, 2.45) is 0 Å². The number of nitrogens with zero attached hydrogens (tertiary/aromatic N) is 4. The Kier molecular flexibility index (Phi) is 6.00. The fourth-order valence-electron chi connectivity index (χ4n) is 2.94. The third-order valence-corrected chi connectivity index (χ3v) is 4.41.